The second-order valence-electron chi connectivity index (χ2n) is 10.1. The van der Waals surface area contributed by atoms with Gasteiger partial charge in [-0.2, -0.15) is 5.26 Å². The van der Waals surface area contributed by atoms with Gasteiger partial charge in [-0.05, 0) is 54.3 Å². The van der Waals surface area contributed by atoms with Crippen molar-refractivity contribution in [2.45, 2.75) is 38.0 Å². The lowest BCUT2D eigenvalue weighted by molar-refractivity contribution is -0.133. The second-order valence-corrected chi connectivity index (χ2v) is 10.1. The van der Waals surface area contributed by atoms with E-state index in [0.717, 1.165) is 38.0 Å². The number of rotatable bonds is 8. The van der Waals surface area contributed by atoms with Crippen LogP contribution in [0.25, 0.3) is 22.2 Å². The monoisotopic (exact) mass is 551 g/mol. The van der Waals surface area contributed by atoms with Crippen molar-refractivity contribution in [2.24, 2.45) is 0 Å². The molecule has 2 aromatic carbocycles. The first kappa shape index (κ1) is 28.0. The van der Waals surface area contributed by atoms with Crippen molar-refractivity contribution >= 4 is 17.0 Å². The van der Waals surface area contributed by atoms with Gasteiger partial charge < -0.3 is 24.5 Å². The number of hydrogen-bond acceptors (Lipinski definition) is 8. The molecule has 10 nitrogen and oxygen atoms in total. The van der Waals surface area contributed by atoms with Crippen LogP contribution in [0.1, 0.15) is 18.4 Å². The number of nitriles is 1. The molecule has 2 aliphatic heterocycles. The number of oxazole rings is 1. The Bertz CT molecular complexity index is 1420. The summed E-state index contributed by atoms with van der Waals surface area (Å²) in [4.78, 5) is 27.4. The van der Waals surface area contributed by atoms with Crippen molar-refractivity contribution in [3.63, 3.8) is 0 Å². The molecule has 3 aromatic rings. The van der Waals surface area contributed by atoms with Gasteiger partial charge in [0.15, 0.2) is 5.58 Å². The molecule has 0 aliphatic carbocycles. The summed E-state index contributed by atoms with van der Waals surface area (Å²) in [6, 6.07) is 11.3. The molecule has 2 atom stereocenters. The quantitative estimate of drug-likeness (QED) is 0.436. The minimum Gasteiger partial charge on any atom is -0.408 e. The number of aromatic nitrogens is 1. The van der Waals surface area contributed by atoms with Crippen LogP contribution in [0.4, 0.5) is 4.39 Å². The number of morpholine rings is 1. The Labute approximate surface area is 231 Å². The van der Waals surface area contributed by atoms with E-state index in [1.807, 2.05) is 6.07 Å². The van der Waals surface area contributed by atoms with Crippen LogP contribution < -0.4 is 16.4 Å². The third-order valence-corrected chi connectivity index (χ3v) is 7.38. The van der Waals surface area contributed by atoms with Gasteiger partial charge in [-0.25, -0.2) is 9.18 Å². The molecule has 1 amide bonds. The third kappa shape index (κ3) is 6.77. The van der Waals surface area contributed by atoms with Gasteiger partial charge >= 0.3 is 5.76 Å². The summed E-state index contributed by atoms with van der Waals surface area (Å²) >= 11 is 0. The normalized spacial score (nSPS) is 19.4. The predicted molar refractivity (Wildman–Crippen MR) is 146 cm³/mol. The highest BCUT2D eigenvalue weighted by Gasteiger charge is 2.24. The number of hydrogen-bond donors (Lipinski definition) is 2. The first-order valence-electron chi connectivity index (χ1n) is 13.8. The molecule has 0 radical (unpaired) electrons. The fraction of sp³-hybridized carbons (Fsp3) is 0.483. The average molecular weight is 552 g/mol. The van der Waals surface area contributed by atoms with Gasteiger partial charge in [0.2, 0.25) is 0 Å². The SMILES string of the molecule is N#C[C@H](Cc1ccc(-c2ccc3oc(=O)n(CCN4CCOCC4)c3c2)cc1F)NC(=O)[C@@H]1CNCCCCO1. The van der Waals surface area contributed by atoms with Gasteiger partial charge in [0, 0.05) is 45.8 Å². The zero-order valence-electron chi connectivity index (χ0n) is 22.4. The number of ether oxygens (including phenoxy) is 2. The van der Waals surface area contributed by atoms with E-state index < -0.39 is 23.7 Å². The predicted octanol–water partition coefficient (Wildman–Crippen LogP) is 2.05. The van der Waals surface area contributed by atoms with Crippen LogP contribution in [0, 0.1) is 17.1 Å². The van der Waals surface area contributed by atoms with E-state index in [1.165, 1.54) is 6.07 Å². The van der Waals surface area contributed by atoms with Gasteiger partial charge in [-0.1, -0.05) is 18.2 Å². The Morgan fingerprint density at radius 1 is 1.12 bits per heavy atom. The van der Waals surface area contributed by atoms with E-state index >= 15 is 4.39 Å². The number of carbonyl (C=O) groups is 1. The lowest BCUT2D eigenvalue weighted by Gasteiger charge is -2.26. The number of carbonyl (C=O) groups excluding carboxylic acids is 1. The third-order valence-electron chi connectivity index (χ3n) is 7.38. The summed E-state index contributed by atoms with van der Waals surface area (Å²) < 4.78 is 33.2. The largest absolute Gasteiger partial charge is 0.419 e. The lowest BCUT2D eigenvalue weighted by atomic mass is 10.00. The molecule has 2 aliphatic rings. The number of nitrogens with zero attached hydrogens (tertiary/aromatic N) is 3. The number of halogens is 1. The summed E-state index contributed by atoms with van der Waals surface area (Å²) in [6.45, 7) is 5.86. The highest BCUT2D eigenvalue weighted by molar-refractivity contribution is 5.82. The van der Waals surface area contributed by atoms with E-state index in [9.17, 15) is 14.9 Å². The van der Waals surface area contributed by atoms with E-state index in [4.69, 9.17) is 13.9 Å². The maximum Gasteiger partial charge on any atom is 0.419 e. The molecule has 2 fully saturated rings. The van der Waals surface area contributed by atoms with Crippen molar-refractivity contribution in [1.29, 1.82) is 5.26 Å². The summed E-state index contributed by atoms with van der Waals surface area (Å²) in [6.07, 6.45) is 1.17. The summed E-state index contributed by atoms with van der Waals surface area (Å²) in [5, 5.41) is 15.5. The van der Waals surface area contributed by atoms with Crippen LogP contribution in [0.2, 0.25) is 0 Å². The summed E-state index contributed by atoms with van der Waals surface area (Å²) in [5.74, 6) is -1.29. The molecule has 11 heteroatoms. The zero-order chi connectivity index (χ0) is 27.9. The zero-order valence-corrected chi connectivity index (χ0v) is 22.4. The first-order valence-corrected chi connectivity index (χ1v) is 13.8. The molecular formula is C29H34FN5O5. The van der Waals surface area contributed by atoms with Gasteiger partial charge in [-0.15, -0.1) is 0 Å². The summed E-state index contributed by atoms with van der Waals surface area (Å²) in [5.41, 5.74) is 2.81. The van der Waals surface area contributed by atoms with Crippen LogP contribution in [-0.2, 0) is 27.2 Å². The number of benzene rings is 2. The van der Waals surface area contributed by atoms with Gasteiger partial charge in [0.05, 0.1) is 24.8 Å². The molecule has 0 unspecified atom stereocenters. The first-order chi connectivity index (χ1) is 19.5. The number of fused-ring (bicyclic) bond motifs is 1. The number of nitrogens with one attached hydrogen (secondary N) is 2. The molecule has 2 N–H and O–H groups in total. The van der Waals surface area contributed by atoms with Crippen LogP contribution in [-0.4, -0.2) is 80.1 Å². The van der Waals surface area contributed by atoms with Crippen LogP contribution in [0.5, 0.6) is 0 Å². The standard InChI is InChI=1S/C29H34FN5O5/c30-24-16-20(3-4-22(24)15-23(18-31)33-28(36)27-19-32-7-1-2-12-39-27)21-5-6-26-25(17-21)35(29(37)40-26)9-8-34-10-13-38-14-11-34/h3-6,16-17,23,27,32H,1-2,7-15,19H2,(H,33,36)/t23-,27-/m0/s1. The maximum atomic E-state index is 15.2. The fourth-order valence-corrected chi connectivity index (χ4v) is 5.06. The lowest BCUT2D eigenvalue weighted by Crippen LogP contribution is -2.47. The van der Waals surface area contributed by atoms with E-state index in [2.05, 4.69) is 21.6 Å². The second kappa shape index (κ2) is 13.2. The molecule has 1 aromatic heterocycles. The minimum atomic E-state index is -0.898. The maximum absolute atomic E-state index is 15.2. The molecule has 5 rings (SSSR count). The van der Waals surface area contributed by atoms with Crippen LogP contribution >= 0.6 is 0 Å². The van der Waals surface area contributed by atoms with Crippen molar-refractivity contribution in [3.05, 3.63) is 58.3 Å². The smallest absolute Gasteiger partial charge is 0.408 e. The molecule has 3 heterocycles. The highest BCUT2D eigenvalue weighted by Crippen LogP contribution is 2.26. The van der Waals surface area contributed by atoms with Gasteiger partial charge in [-0.3, -0.25) is 14.3 Å². The van der Waals surface area contributed by atoms with Crippen molar-refractivity contribution < 1.29 is 23.1 Å². The van der Waals surface area contributed by atoms with Gasteiger partial charge in [0.1, 0.15) is 18.0 Å². The van der Waals surface area contributed by atoms with Crippen molar-refractivity contribution in [3.8, 4) is 17.2 Å². The molecule has 0 saturated carbocycles. The van der Waals surface area contributed by atoms with E-state index in [0.29, 0.717) is 61.7 Å². The average Bonchev–Trinajstić information content (AvgIpc) is 3.26. The Balaban J connectivity index is 1.27. The molecule has 40 heavy (non-hydrogen) atoms. The molecule has 2 saturated heterocycles. The molecule has 0 spiro atoms. The topological polar surface area (TPSA) is 122 Å². The summed E-state index contributed by atoms with van der Waals surface area (Å²) in [7, 11) is 0. The van der Waals surface area contributed by atoms with Crippen molar-refractivity contribution in [1.82, 2.24) is 20.1 Å². The Kier molecular flexibility index (Phi) is 9.23. The molecular weight excluding hydrogens is 517 g/mol. The van der Waals surface area contributed by atoms with Crippen LogP contribution in [0.3, 0.4) is 0 Å². The Morgan fingerprint density at radius 2 is 1.93 bits per heavy atom. The fourth-order valence-electron chi connectivity index (χ4n) is 5.06. The van der Waals surface area contributed by atoms with E-state index in [-0.39, 0.29) is 12.3 Å². The number of amides is 1. The van der Waals surface area contributed by atoms with E-state index in [1.54, 1.807) is 28.8 Å². The molecule has 0 bridgehead atoms. The molecule has 212 valence electrons. The van der Waals surface area contributed by atoms with Crippen molar-refractivity contribution in [2.75, 3.05) is 52.5 Å². The minimum absolute atomic E-state index is 0.0242. The van der Waals surface area contributed by atoms with Crippen LogP contribution in [0.15, 0.2) is 45.6 Å². The highest BCUT2D eigenvalue weighted by atomic mass is 19.1. The van der Waals surface area contributed by atoms with Gasteiger partial charge in [0.25, 0.3) is 5.91 Å². The Hall–Kier alpha value is -3.56. The Morgan fingerprint density at radius 3 is 2.73 bits per heavy atom.